The third kappa shape index (κ3) is 3.43. The van der Waals surface area contributed by atoms with Gasteiger partial charge in [-0.2, -0.15) is 0 Å². The van der Waals surface area contributed by atoms with Crippen LogP contribution in [0.4, 0.5) is 0 Å². The van der Waals surface area contributed by atoms with Crippen LogP contribution in [0.3, 0.4) is 0 Å². The van der Waals surface area contributed by atoms with Crippen molar-refractivity contribution < 1.29 is 23.9 Å². The van der Waals surface area contributed by atoms with E-state index in [1.165, 1.54) is 19.2 Å². The summed E-state index contributed by atoms with van der Waals surface area (Å²) in [6.07, 6.45) is 0. The summed E-state index contributed by atoms with van der Waals surface area (Å²) >= 11 is 0. The Balaban J connectivity index is 1.78. The second-order valence-corrected chi connectivity index (χ2v) is 6.47. The molecule has 28 heavy (non-hydrogen) atoms. The summed E-state index contributed by atoms with van der Waals surface area (Å²) < 4.78 is 10.9. The number of fused-ring (bicyclic) bond motifs is 1. The van der Waals surface area contributed by atoms with E-state index in [9.17, 15) is 14.4 Å². The molecule has 7 nitrogen and oxygen atoms in total. The Hall–Kier alpha value is -3.35. The van der Waals surface area contributed by atoms with Gasteiger partial charge in [0, 0.05) is 12.6 Å². The van der Waals surface area contributed by atoms with Crippen LogP contribution in [-0.2, 0) is 0 Å². The van der Waals surface area contributed by atoms with Gasteiger partial charge in [0.2, 0.25) is 0 Å². The Labute approximate surface area is 163 Å². The number of benzene rings is 2. The summed E-state index contributed by atoms with van der Waals surface area (Å²) in [5.74, 6) is 0.127. The van der Waals surface area contributed by atoms with Gasteiger partial charge in [0.15, 0.2) is 11.5 Å². The fraction of sp³-hybridized carbons (Fsp3) is 0.286. The van der Waals surface area contributed by atoms with Crippen molar-refractivity contribution in [2.24, 2.45) is 0 Å². The molecular weight excluding hydrogens is 360 g/mol. The first-order chi connectivity index (χ1) is 13.4. The predicted octanol–water partition coefficient (Wildman–Crippen LogP) is 2.81. The van der Waals surface area contributed by atoms with Gasteiger partial charge in [-0.3, -0.25) is 19.3 Å². The van der Waals surface area contributed by atoms with Crippen molar-refractivity contribution in [2.45, 2.75) is 19.9 Å². The van der Waals surface area contributed by atoms with Crippen LogP contribution in [0.1, 0.15) is 56.5 Å². The van der Waals surface area contributed by atoms with Crippen LogP contribution in [0.15, 0.2) is 36.4 Å². The molecule has 7 heteroatoms. The molecule has 2 aromatic rings. The largest absolute Gasteiger partial charge is 0.493 e. The molecule has 0 saturated heterocycles. The fourth-order valence-electron chi connectivity index (χ4n) is 3.09. The molecule has 146 valence electrons. The molecular formula is C21H22N2O5. The summed E-state index contributed by atoms with van der Waals surface area (Å²) in [6, 6.07) is 9.69. The van der Waals surface area contributed by atoms with Crippen LogP contribution in [-0.4, -0.2) is 43.4 Å². The Bertz CT molecular complexity index is 954. The average Bonchev–Trinajstić information content (AvgIpc) is 2.92. The van der Waals surface area contributed by atoms with E-state index in [0.29, 0.717) is 29.2 Å². The second-order valence-electron chi connectivity index (χ2n) is 6.47. The van der Waals surface area contributed by atoms with Gasteiger partial charge in [-0.25, -0.2) is 0 Å². The molecule has 1 heterocycles. The van der Waals surface area contributed by atoms with Crippen LogP contribution in [0.25, 0.3) is 0 Å². The number of carbonyl (C=O) groups excluding carboxylic acids is 3. The monoisotopic (exact) mass is 382 g/mol. The number of rotatable bonds is 6. The molecule has 2 aromatic carbocycles. The highest BCUT2D eigenvalue weighted by molar-refractivity contribution is 6.21. The van der Waals surface area contributed by atoms with Gasteiger partial charge in [0.1, 0.15) is 0 Å². The highest BCUT2D eigenvalue weighted by atomic mass is 16.5. The molecule has 3 amide bonds. The maximum atomic E-state index is 12.6. The average molecular weight is 382 g/mol. The lowest BCUT2D eigenvalue weighted by Gasteiger charge is -2.17. The number of ether oxygens (including phenoxy) is 2. The summed E-state index contributed by atoms with van der Waals surface area (Å²) in [7, 11) is 2.98. The van der Waals surface area contributed by atoms with E-state index in [-0.39, 0.29) is 23.4 Å². The maximum absolute atomic E-state index is 12.6. The van der Waals surface area contributed by atoms with Gasteiger partial charge in [-0.1, -0.05) is 6.07 Å². The molecule has 0 aliphatic carbocycles. The third-order valence-electron chi connectivity index (χ3n) is 4.69. The standard InChI is InChI=1S/C21H22N2O5/c1-5-28-17-9-7-13(11-18(17)27-4)12(2)22-19(24)14-6-8-15-16(10-14)21(26)23(3)20(15)25/h6-12H,5H2,1-4H3,(H,22,24). The predicted molar refractivity (Wildman–Crippen MR) is 103 cm³/mol. The number of imide groups is 1. The minimum Gasteiger partial charge on any atom is -0.493 e. The number of carbonyl (C=O) groups is 3. The number of hydrogen-bond acceptors (Lipinski definition) is 5. The first-order valence-electron chi connectivity index (χ1n) is 8.95. The fourth-order valence-corrected chi connectivity index (χ4v) is 3.09. The van der Waals surface area contributed by atoms with Gasteiger partial charge in [0.25, 0.3) is 17.7 Å². The van der Waals surface area contributed by atoms with Crippen molar-refractivity contribution in [3.63, 3.8) is 0 Å². The van der Waals surface area contributed by atoms with Crippen molar-refractivity contribution in [2.75, 3.05) is 20.8 Å². The van der Waals surface area contributed by atoms with Crippen molar-refractivity contribution in [3.05, 3.63) is 58.7 Å². The second kappa shape index (κ2) is 7.72. The minimum absolute atomic E-state index is 0.246. The van der Waals surface area contributed by atoms with E-state index >= 15 is 0 Å². The summed E-state index contributed by atoms with van der Waals surface area (Å²) in [4.78, 5) is 37.8. The lowest BCUT2D eigenvalue weighted by molar-refractivity contribution is 0.0693. The normalized spacial score (nSPS) is 13.9. The van der Waals surface area contributed by atoms with Crippen LogP contribution in [0.5, 0.6) is 11.5 Å². The zero-order valence-electron chi connectivity index (χ0n) is 16.2. The minimum atomic E-state index is -0.404. The number of hydrogen-bond donors (Lipinski definition) is 1. The molecule has 1 N–H and O–H groups in total. The molecule has 1 aliphatic rings. The van der Waals surface area contributed by atoms with Crippen molar-refractivity contribution >= 4 is 17.7 Å². The van der Waals surface area contributed by atoms with Crippen molar-refractivity contribution in [3.8, 4) is 11.5 Å². The molecule has 0 saturated carbocycles. The highest BCUT2D eigenvalue weighted by Gasteiger charge is 2.33. The summed E-state index contributed by atoms with van der Waals surface area (Å²) in [6.45, 7) is 4.27. The zero-order valence-corrected chi connectivity index (χ0v) is 16.2. The van der Waals surface area contributed by atoms with Gasteiger partial charge in [-0.15, -0.1) is 0 Å². The maximum Gasteiger partial charge on any atom is 0.261 e. The molecule has 0 aromatic heterocycles. The van der Waals surface area contributed by atoms with Gasteiger partial charge in [0.05, 0.1) is 30.9 Å². The summed E-state index contributed by atoms with van der Waals surface area (Å²) in [5.41, 5.74) is 1.73. The first kappa shape index (κ1) is 19.4. The van der Waals surface area contributed by atoms with Gasteiger partial charge in [-0.05, 0) is 49.7 Å². The lowest BCUT2D eigenvalue weighted by Crippen LogP contribution is -2.27. The smallest absolute Gasteiger partial charge is 0.261 e. The van der Waals surface area contributed by atoms with Crippen LogP contribution < -0.4 is 14.8 Å². The Morgan fingerprint density at radius 2 is 1.79 bits per heavy atom. The summed E-state index contributed by atoms with van der Waals surface area (Å²) in [5, 5.41) is 2.90. The highest BCUT2D eigenvalue weighted by Crippen LogP contribution is 2.30. The van der Waals surface area contributed by atoms with E-state index in [4.69, 9.17) is 9.47 Å². The Morgan fingerprint density at radius 1 is 1.07 bits per heavy atom. The topological polar surface area (TPSA) is 84.9 Å². The Kier molecular flexibility index (Phi) is 5.35. The van der Waals surface area contributed by atoms with Crippen molar-refractivity contribution in [1.82, 2.24) is 10.2 Å². The zero-order chi connectivity index (χ0) is 20.4. The molecule has 1 aliphatic heterocycles. The van der Waals surface area contributed by atoms with E-state index < -0.39 is 5.91 Å². The van der Waals surface area contributed by atoms with Crippen LogP contribution in [0, 0.1) is 0 Å². The van der Waals surface area contributed by atoms with E-state index in [1.807, 2.05) is 26.0 Å². The lowest BCUT2D eigenvalue weighted by atomic mass is 10.0. The van der Waals surface area contributed by atoms with E-state index in [2.05, 4.69) is 5.32 Å². The molecule has 0 spiro atoms. The van der Waals surface area contributed by atoms with Crippen molar-refractivity contribution in [1.29, 1.82) is 0 Å². The molecule has 1 atom stereocenters. The molecule has 3 rings (SSSR count). The number of nitrogens with zero attached hydrogens (tertiary/aromatic N) is 1. The van der Waals surface area contributed by atoms with E-state index in [0.717, 1.165) is 10.5 Å². The van der Waals surface area contributed by atoms with Gasteiger partial charge < -0.3 is 14.8 Å². The van der Waals surface area contributed by atoms with Gasteiger partial charge >= 0.3 is 0 Å². The SMILES string of the molecule is CCOc1ccc(C(C)NC(=O)c2ccc3c(c2)C(=O)N(C)C3=O)cc1OC. The Morgan fingerprint density at radius 3 is 2.46 bits per heavy atom. The number of amides is 3. The molecule has 0 radical (unpaired) electrons. The molecule has 0 fully saturated rings. The van der Waals surface area contributed by atoms with Crippen LogP contribution in [0.2, 0.25) is 0 Å². The van der Waals surface area contributed by atoms with E-state index in [1.54, 1.807) is 19.2 Å². The third-order valence-corrected chi connectivity index (χ3v) is 4.69. The van der Waals surface area contributed by atoms with Crippen LogP contribution >= 0.6 is 0 Å². The first-order valence-corrected chi connectivity index (χ1v) is 8.95. The number of nitrogens with one attached hydrogen (secondary N) is 1. The quantitative estimate of drug-likeness (QED) is 0.777. The molecule has 1 unspecified atom stereocenters. The molecule has 0 bridgehead atoms. The number of methoxy groups -OCH3 is 1.